The Morgan fingerprint density at radius 3 is 1.99 bits per heavy atom. The van der Waals surface area contributed by atoms with Crippen molar-refractivity contribution in [1.82, 2.24) is 30.2 Å². The number of thioether (sulfide) groups is 1. The number of aliphatic hydroxyl groups is 2. The summed E-state index contributed by atoms with van der Waals surface area (Å²) in [5.41, 5.74) is 4.05. The summed E-state index contributed by atoms with van der Waals surface area (Å²) in [7, 11) is -17.7. The number of carbonyl (C=O) groups is 4. The highest BCUT2D eigenvalue weighted by atomic mass is 32.2. The summed E-state index contributed by atoms with van der Waals surface area (Å²) in [5.74, 6) is -1.53. The second-order valence-corrected chi connectivity index (χ2v) is 24.6. The van der Waals surface area contributed by atoms with Gasteiger partial charge in [0, 0.05) is 37.1 Å². The Kier molecular flexibility index (Phi) is 32.6. The molecule has 2 aromatic rings. The van der Waals surface area contributed by atoms with Crippen LogP contribution in [0.5, 0.6) is 0 Å². The fraction of sp³-hybridized carbons (Fsp3) is 0.627. The lowest BCUT2D eigenvalue weighted by atomic mass is 9.87. The second-order valence-electron chi connectivity index (χ2n) is 19.3. The van der Waals surface area contributed by atoms with E-state index in [9.17, 15) is 62.7 Å². The van der Waals surface area contributed by atoms with Crippen molar-refractivity contribution in [2.45, 2.75) is 167 Å². The topological polar surface area (TPSA) is 392 Å². The molecule has 0 bridgehead atoms. The fourth-order valence-corrected chi connectivity index (χ4v) is 11.2. The normalized spacial score (nSPS) is 19.2. The van der Waals surface area contributed by atoms with Crippen LogP contribution in [0.25, 0.3) is 11.2 Å². The number of nitrogen functional groups attached to an aromatic ring is 1. The SMILES string of the molecule is CC/C=C\C/C=C\C/C=C\C/C=C\C/C=C\CCCCCCCCCCCC(=O)CC(=O)SCCNC(=O)CCNC(=O)[C@H](O)C(C)(C)COP(=O)([O-])OP(=O)([O-])OC[C@H]1O[C@@H](n2cnc3c(N)ncnc32)[C@H](O)[C@@H]1OP(=O)([O-])[O-]. The number of fused-ring (bicyclic) bond motifs is 1. The minimum absolute atomic E-state index is 0.0270. The molecule has 25 nitrogen and oxygen atoms in total. The lowest BCUT2D eigenvalue weighted by Crippen LogP contribution is -2.46. The number of amides is 2. The maximum atomic E-state index is 12.7. The number of nitrogens with zero attached hydrogens (tertiary/aromatic N) is 4. The number of phosphoric acid groups is 3. The Balaban J connectivity index is 1.20. The van der Waals surface area contributed by atoms with Crippen molar-refractivity contribution in [3.05, 3.63) is 73.4 Å². The highest BCUT2D eigenvalue weighted by molar-refractivity contribution is 8.13. The first-order valence-electron chi connectivity index (χ1n) is 26.7. The number of hydrogen-bond acceptors (Lipinski definition) is 23. The molecule has 2 amide bonds. The van der Waals surface area contributed by atoms with Crippen molar-refractivity contribution in [3.63, 3.8) is 0 Å². The molecule has 2 unspecified atom stereocenters. The lowest BCUT2D eigenvalue weighted by Gasteiger charge is -2.36. The van der Waals surface area contributed by atoms with Crippen LogP contribution in [-0.4, -0.2) is 109 Å². The van der Waals surface area contributed by atoms with Crippen LogP contribution in [0.4, 0.5) is 5.82 Å². The number of nitrogens with two attached hydrogens (primary N) is 1. The van der Waals surface area contributed by atoms with Crippen LogP contribution in [0.3, 0.4) is 0 Å². The average Bonchev–Trinajstić information content (AvgIpc) is 3.95. The maximum Gasteiger partial charge on any atom is 0.274 e. The average molecular weight is 1200 g/mol. The van der Waals surface area contributed by atoms with E-state index in [2.05, 4.69) is 111 Å². The summed E-state index contributed by atoms with van der Waals surface area (Å²) >= 11 is 0.924. The van der Waals surface area contributed by atoms with E-state index in [1.165, 1.54) is 46.0 Å². The standard InChI is InChI=1S/C51H82N7O18P3S/c1-4-5-6-7-8-9-10-11-12-13-14-15-16-17-18-19-20-21-22-23-24-25-26-27-28-29-39(59)34-42(61)80-33-32-53-41(60)30-31-54-49(64)46(63)51(2,3)36-73-79(70,71)76-78(68,69)72-35-40-45(75-77(65,66)67)44(62)50(74-40)58-38-57-43-47(52)55-37-56-48(43)58/h5-6,8-9,11-12,14-15,17-18,37-38,40,44-46,50,62-63H,4,7,10,13,16,19-36H2,1-3H3,(H,53,60)(H,54,64)(H,68,69)(H,70,71)(H2,52,55,56)(H2,65,66,67)/p-4/b6-5-,9-8-,12-11-,15-14-,18-17-/t40-,44-,45-,46+,50-/m1/s1. The summed E-state index contributed by atoms with van der Waals surface area (Å²) in [6, 6.07) is 0. The van der Waals surface area contributed by atoms with E-state index in [1.807, 2.05) is 0 Å². The van der Waals surface area contributed by atoms with Gasteiger partial charge in [0.05, 0.1) is 33.8 Å². The zero-order chi connectivity index (χ0) is 59.0. The number of aliphatic hydroxyl groups excluding tert-OH is 2. The molecule has 0 aromatic carbocycles. The fourth-order valence-electron chi connectivity index (χ4n) is 7.76. The number of rotatable bonds is 42. The van der Waals surface area contributed by atoms with Gasteiger partial charge in [0.2, 0.25) is 11.8 Å². The number of aromatic nitrogens is 4. The number of anilines is 1. The predicted molar refractivity (Wildman–Crippen MR) is 293 cm³/mol. The Morgan fingerprint density at radius 2 is 1.38 bits per heavy atom. The van der Waals surface area contributed by atoms with E-state index in [1.54, 1.807) is 0 Å². The smallest absolute Gasteiger partial charge is 0.274 e. The van der Waals surface area contributed by atoms with Crippen LogP contribution in [0, 0.1) is 5.41 Å². The highest BCUT2D eigenvalue weighted by Crippen LogP contribution is 2.56. The number of unbranched alkanes of at least 4 members (excludes halogenated alkanes) is 9. The molecule has 1 saturated heterocycles. The van der Waals surface area contributed by atoms with Crippen molar-refractivity contribution < 1.29 is 85.3 Å². The first-order valence-corrected chi connectivity index (χ1v) is 32.1. The minimum atomic E-state index is -5.94. The molecule has 450 valence electrons. The van der Waals surface area contributed by atoms with Gasteiger partial charge in [-0.2, -0.15) is 0 Å². The third-order valence-corrected chi connectivity index (χ3v) is 16.0. The van der Waals surface area contributed by atoms with Crippen LogP contribution >= 0.6 is 35.2 Å². The number of imidazole rings is 1. The summed E-state index contributed by atoms with van der Waals surface area (Å²) < 4.78 is 60.9. The first-order chi connectivity index (χ1) is 37.9. The van der Waals surface area contributed by atoms with Crippen LogP contribution in [-0.2, 0) is 55.5 Å². The van der Waals surface area contributed by atoms with E-state index in [4.69, 9.17) is 10.5 Å². The molecular weight excluding hydrogens is 1120 g/mol. The van der Waals surface area contributed by atoms with Crippen LogP contribution in [0.15, 0.2) is 73.4 Å². The van der Waals surface area contributed by atoms with Crippen LogP contribution in [0.1, 0.15) is 143 Å². The zero-order valence-corrected chi connectivity index (χ0v) is 49.1. The van der Waals surface area contributed by atoms with E-state index in [0.29, 0.717) is 6.42 Å². The second kappa shape index (κ2) is 37.2. The lowest BCUT2D eigenvalue weighted by molar-refractivity contribution is -0.347. The largest absolute Gasteiger partial charge is 0.790 e. The molecule has 0 radical (unpaired) electrons. The number of allylic oxidation sites excluding steroid dienone is 10. The molecule has 29 heteroatoms. The molecule has 80 heavy (non-hydrogen) atoms. The first kappa shape index (κ1) is 70.2. The Labute approximate surface area is 472 Å². The van der Waals surface area contributed by atoms with E-state index in [0.717, 1.165) is 93.2 Å². The number of carbonyl (C=O) groups excluding carboxylic acids is 4. The third kappa shape index (κ3) is 28.8. The van der Waals surface area contributed by atoms with Crippen molar-refractivity contribution in [2.24, 2.45) is 5.41 Å². The van der Waals surface area contributed by atoms with Gasteiger partial charge < -0.3 is 69.0 Å². The van der Waals surface area contributed by atoms with Gasteiger partial charge in [0.25, 0.3) is 15.6 Å². The van der Waals surface area contributed by atoms with Gasteiger partial charge >= 0.3 is 0 Å². The maximum absolute atomic E-state index is 12.7. The Hall–Kier alpha value is -4.07. The summed E-state index contributed by atoms with van der Waals surface area (Å²) in [6.07, 6.45) is 30.5. The van der Waals surface area contributed by atoms with Gasteiger partial charge in [-0.05, 0) is 51.4 Å². The Bertz CT molecular complexity index is 2540. The summed E-state index contributed by atoms with van der Waals surface area (Å²) in [6.45, 7) is 2.06. The molecule has 0 saturated carbocycles. The van der Waals surface area contributed by atoms with Gasteiger partial charge in [0.15, 0.2) is 22.8 Å². The number of hydrogen-bond donors (Lipinski definition) is 5. The van der Waals surface area contributed by atoms with Gasteiger partial charge in [-0.1, -0.05) is 138 Å². The number of phosphoric ester groups is 3. The molecule has 1 aliphatic rings. The van der Waals surface area contributed by atoms with Crippen LogP contribution in [0.2, 0.25) is 0 Å². The molecule has 3 rings (SSSR count). The van der Waals surface area contributed by atoms with Gasteiger partial charge in [0.1, 0.15) is 42.0 Å². The monoisotopic (exact) mass is 1200 g/mol. The minimum Gasteiger partial charge on any atom is -0.790 e. The molecule has 0 aliphatic carbocycles. The number of ketones is 1. The third-order valence-electron chi connectivity index (χ3n) is 12.1. The molecule has 2 aromatic heterocycles. The van der Waals surface area contributed by atoms with E-state index >= 15 is 0 Å². The Morgan fingerprint density at radius 1 is 0.800 bits per heavy atom. The number of Topliss-reactive ketones (excluding diaryl/α,β-unsaturated/α-hetero) is 1. The quantitative estimate of drug-likeness (QED) is 0.0249. The van der Waals surface area contributed by atoms with Crippen LogP contribution < -0.4 is 35.9 Å². The van der Waals surface area contributed by atoms with Crippen molar-refractivity contribution in [3.8, 4) is 0 Å². The highest BCUT2D eigenvalue weighted by Gasteiger charge is 2.47. The van der Waals surface area contributed by atoms with Crippen molar-refractivity contribution >= 4 is 74.9 Å². The number of ether oxygens (including phenoxy) is 1. The van der Waals surface area contributed by atoms with Gasteiger partial charge in [-0.3, -0.25) is 32.9 Å². The summed E-state index contributed by atoms with van der Waals surface area (Å²) in [4.78, 5) is 110. The molecule has 7 atom stereocenters. The van der Waals surface area contributed by atoms with Crippen molar-refractivity contribution in [1.29, 1.82) is 0 Å². The molecular formula is C51H78N7O18P3S-4. The molecule has 1 fully saturated rings. The molecule has 6 N–H and O–H groups in total. The zero-order valence-electron chi connectivity index (χ0n) is 45.6. The molecule has 0 spiro atoms. The predicted octanol–water partition coefficient (Wildman–Crippen LogP) is 5.14. The molecule has 1 aliphatic heterocycles. The van der Waals surface area contributed by atoms with E-state index < -0.39 is 84.6 Å². The molecule has 3 heterocycles. The number of nitrogens with one attached hydrogen (secondary N) is 2. The summed E-state index contributed by atoms with van der Waals surface area (Å²) in [5, 5.41) is 26.1. The van der Waals surface area contributed by atoms with Crippen molar-refractivity contribution in [2.75, 3.05) is 37.8 Å². The van der Waals surface area contributed by atoms with Gasteiger partial charge in [-0.25, -0.2) is 19.3 Å². The van der Waals surface area contributed by atoms with E-state index in [-0.39, 0.29) is 59.6 Å². The van der Waals surface area contributed by atoms with Gasteiger partial charge in [-0.15, -0.1) is 0 Å².